The third kappa shape index (κ3) is 2.95. The smallest absolute Gasteiger partial charge is 0.274 e. The normalized spacial score (nSPS) is 20.4. The van der Waals surface area contributed by atoms with Gasteiger partial charge in [0.25, 0.3) is 5.91 Å². The first-order valence-electron chi connectivity index (χ1n) is 8.32. The largest absolute Gasteiger partial charge is 0.476 e. The lowest BCUT2D eigenvalue weighted by Crippen LogP contribution is -2.32. The third-order valence-electron chi connectivity index (χ3n) is 4.57. The van der Waals surface area contributed by atoms with Gasteiger partial charge >= 0.3 is 0 Å². The molecule has 3 heterocycles. The van der Waals surface area contributed by atoms with Gasteiger partial charge in [0.05, 0.1) is 25.0 Å². The number of hydrogen-bond acceptors (Lipinski definition) is 6. The monoisotopic (exact) mass is 328 g/mol. The van der Waals surface area contributed by atoms with E-state index in [0.29, 0.717) is 30.6 Å². The number of amides is 1. The van der Waals surface area contributed by atoms with Gasteiger partial charge in [0, 0.05) is 13.6 Å². The van der Waals surface area contributed by atoms with Gasteiger partial charge in [-0.2, -0.15) is 0 Å². The zero-order valence-corrected chi connectivity index (χ0v) is 13.6. The van der Waals surface area contributed by atoms with Crippen LogP contribution in [0.15, 0.2) is 18.7 Å². The number of carbonyl (C=O) groups is 1. The van der Waals surface area contributed by atoms with Crippen LogP contribution in [-0.4, -0.2) is 48.7 Å². The fraction of sp³-hybridized carbons (Fsp3) is 0.562. The summed E-state index contributed by atoms with van der Waals surface area (Å²) in [6.07, 6.45) is 8.96. The Morgan fingerprint density at radius 2 is 2.17 bits per heavy atom. The lowest BCUT2D eigenvalue weighted by molar-refractivity contribution is 0.0721. The Labute approximate surface area is 139 Å². The molecular formula is C16H20N6O2. The van der Waals surface area contributed by atoms with E-state index in [-0.39, 0.29) is 11.9 Å². The number of rotatable bonds is 5. The molecule has 1 atom stereocenters. The molecule has 2 aromatic heterocycles. The van der Waals surface area contributed by atoms with Crippen molar-refractivity contribution in [2.75, 3.05) is 13.2 Å². The van der Waals surface area contributed by atoms with Crippen molar-refractivity contribution >= 4 is 5.91 Å². The van der Waals surface area contributed by atoms with Crippen molar-refractivity contribution in [1.29, 1.82) is 0 Å². The molecule has 2 aliphatic rings. The molecule has 1 aliphatic carbocycles. The number of likely N-dealkylation sites (tertiary alicyclic amines) is 1. The molecular weight excluding hydrogens is 308 g/mol. The molecule has 1 amide bonds. The van der Waals surface area contributed by atoms with Crippen LogP contribution in [0.4, 0.5) is 0 Å². The fourth-order valence-electron chi connectivity index (χ4n) is 3.01. The van der Waals surface area contributed by atoms with Crippen molar-refractivity contribution in [3.8, 4) is 5.88 Å². The minimum absolute atomic E-state index is 0.0578. The number of aromatic nitrogens is 5. The molecule has 8 nitrogen and oxygen atoms in total. The van der Waals surface area contributed by atoms with Crippen LogP contribution < -0.4 is 4.74 Å². The molecule has 2 aromatic rings. The van der Waals surface area contributed by atoms with Crippen molar-refractivity contribution in [3.05, 3.63) is 30.2 Å². The van der Waals surface area contributed by atoms with Crippen LogP contribution in [0.25, 0.3) is 0 Å². The Morgan fingerprint density at radius 1 is 1.29 bits per heavy atom. The number of nitrogens with zero attached hydrogens (tertiary/aromatic N) is 6. The van der Waals surface area contributed by atoms with E-state index >= 15 is 0 Å². The summed E-state index contributed by atoms with van der Waals surface area (Å²) in [6.45, 7) is 1.38. The predicted octanol–water partition coefficient (Wildman–Crippen LogP) is 1.37. The van der Waals surface area contributed by atoms with E-state index in [0.717, 1.165) is 18.7 Å². The predicted molar refractivity (Wildman–Crippen MR) is 84.3 cm³/mol. The van der Waals surface area contributed by atoms with E-state index in [1.807, 2.05) is 11.6 Å². The summed E-state index contributed by atoms with van der Waals surface area (Å²) >= 11 is 0. The molecule has 24 heavy (non-hydrogen) atoms. The van der Waals surface area contributed by atoms with Crippen molar-refractivity contribution < 1.29 is 9.53 Å². The summed E-state index contributed by atoms with van der Waals surface area (Å²) in [4.78, 5) is 23.0. The molecule has 8 heteroatoms. The molecule has 1 saturated heterocycles. The standard InChI is InChI=1S/C16H20N6O2/c1-21-10-19-20-15(21)13-3-2-6-22(13)16(23)12-7-18-14(8-17-12)24-9-11-4-5-11/h7-8,10-11,13H,2-6,9H2,1H3. The zero-order valence-electron chi connectivity index (χ0n) is 13.6. The van der Waals surface area contributed by atoms with Gasteiger partial charge in [-0.25, -0.2) is 9.97 Å². The molecule has 0 N–H and O–H groups in total. The highest BCUT2D eigenvalue weighted by molar-refractivity contribution is 5.92. The topological polar surface area (TPSA) is 86.0 Å². The molecule has 1 unspecified atom stereocenters. The van der Waals surface area contributed by atoms with E-state index in [9.17, 15) is 4.79 Å². The molecule has 0 bridgehead atoms. The van der Waals surface area contributed by atoms with Crippen molar-refractivity contribution in [2.45, 2.75) is 31.7 Å². The Bertz CT molecular complexity index is 724. The summed E-state index contributed by atoms with van der Waals surface area (Å²) in [5.41, 5.74) is 0.336. The third-order valence-corrected chi connectivity index (χ3v) is 4.57. The second-order valence-electron chi connectivity index (χ2n) is 6.45. The minimum atomic E-state index is -0.123. The number of carbonyl (C=O) groups excluding carboxylic acids is 1. The molecule has 126 valence electrons. The van der Waals surface area contributed by atoms with E-state index in [2.05, 4.69) is 20.2 Å². The molecule has 0 radical (unpaired) electrons. The molecule has 4 rings (SSSR count). The van der Waals surface area contributed by atoms with Gasteiger partial charge in [-0.1, -0.05) is 0 Å². The van der Waals surface area contributed by atoms with Crippen LogP contribution >= 0.6 is 0 Å². The second-order valence-corrected chi connectivity index (χ2v) is 6.45. The highest BCUT2D eigenvalue weighted by Gasteiger charge is 2.34. The molecule has 1 aliphatic heterocycles. The van der Waals surface area contributed by atoms with Crippen LogP contribution in [0.1, 0.15) is 48.0 Å². The van der Waals surface area contributed by atoms with Crippen LogP contribution in [0.3, 0.4) is 0 Å². The van der Waals surface area contributed by atoms with Gasteiger partial charge in [-0.15, -0.1) is 10.2 Å². The Hall–Kier alpha value is -2.51. The Morgan fingerprint density at radius 3 is 2.83 bits per heavy atom. The highest BCUT2D eigenvalue weighted by atomic mass is 16.5. The van der Waals surface area contributed by atoms with Gasteiger partial charge in [-0.05, 0) is 31.6 Å². The maximum Gasteiger partial charge on any atom is 0.274 e. The number of hydrogen-bond donors (Lipinski definition) is 0. The van der Waals surface area contributed by atoms with Gasteiger partial charge in [0.2, 0.25) is 5.88 Å². The average Bonchev–Trinajstić information content (AvgIpc) is 3.14. The van der Waals surface area contributed by atoms with Gasteiger partial charge in [-0.3, -0.25) is 4.79 Å². The zero-order chi connectivity index (χ0) is 16.5. The second kappa shape index (κ2) is 6.18. The van der Waals surface area contributed by atoms with Gasteiger partial charge in [0.1, 0.15) is 12.0 Å². The lowest BCUT2D eigenvalue weighted by Gasteiger charge is -2.23. The average molecular weight is 328 g/mol. The molecule has 0 spiro atoms. The number of ether oxygens (including phenoxy) is 1. The van der Waals surface area contributed by atoms with Crippen LogP contribution in [-0.2, 0) is 7.05 Å². The first-order valence-corrected chi connectivity index (χ1v) is 8.32. The maximum absolute atomic E-state index is 12.8. The molecule has 2 fully saturated rings. The van der Waals surface area contributed by atoms with E-state index in [1.165, 1.54) is 25.2 Å². The van der Waals surface area contributed by atoms with Crippen molar-refractivity contribution in [3.63, 3.8) is 0 Å². The summed E-state index contributed by atoms with van der Waals surface area (Å²) in [6, 6.07) is -0.0578. The van der Waals surface area contributed by atoms with Gasteiger partial charge in [0.15, 0.2) is 5.82 Å². The maximum atomic E-state index is 12.8. The SMILES string of the molecule is Cn1cnnc1C1CCCN1C(=O)c1cnc(OCC2CC2)cn1. The summed E-state index contributed by atoms with van der Waals surface area (Å²) in [5.74, 6) is 1.81. The van der Waals surface area contributed by atoms with Crippen molar-refractivity contribution in [1.82, 2.24) is 29.6 Å². The van der Waals surface area contributed by atoms with E-state index < -0.39 is 0 Å². The fourth-order valence-corrected chi connectivity index (χ4v) is 3.01. The molecule has 1 saturated carbocycles. The van der Waals surface area contributed by atoms with Gasteiger partial charge < -0.3 is 14.2 Å². The summed E-state index contributed by atoms with van der Waals surface area (Å²) in [7, 11) is 1.89. The summed E-state index contributed by atoms with van der Waals surface area (Å²) in [5, 5.41) is 8.06. The summed E-state index contributed by atoms with van der Waals surface area (Å²) < 4.78 is 7.42. The van der Waals surface area contributed by atoms with Crippen LogP contribution in [0.5, 0.6) is 5.88 Å². The molecule has 0 aromatic carbocycles. The first-order chi connectivity index (χ1) is 11.7. The quantitative estimate of drug-likeness (QED) is 0.824. The van der Waals surface area contributed by atoms with Crippen LogP contribution in [0, 0.1) is 5.92 Å². The van der Waals surface area contributed by atoms with Crippen LogP contribution in [0.2, 0.25) is 0 Å². The Kier molecular flexibility index (Phi) is 3.87. The number of aryl methyl sites for hydroxylation is 1. The minimum Gasteiger partial charge on any atom is -0.476 e. The first kappa shape index (κ1) is 15.0. The van der Waals surface area contributed by atoms with E-state index in [1.54, 1.807) is 11.2 Å². The van der Waals surface area contributed by atoms with Crippen molar-refractivity contribution in [2.24, 2.45) is 13.0 Å². The van der Waals surface area contributed by atoms with E-state index in [4.69, 9.17) is 4.74 Å². The highest BCUT2D eigenvalue weighted by Crippen LogP contribution is 2.31. The Balaban J connectivity index is 1.46. The lowest BCUT2D eigenvalue weighted by atomic mass is 10.2.